The fourth-order valence-electron chi connectivity index (χ4n) is 3.29. The van der Waals surface area contributed by atoms with Gasteiger partial charge in [0.05, 0.1) is 0 Å². The number of hydrogen-bond donors (Lipinski definition) is 1. The molecule has 5 heteroatoms. The number of rotatable bonds is 2. The van der Waals surface area contributed by atoms with Gasteiger partial charge in [-0.15, -0.1) is 0 Å². The molecule has 1 saturated heterocycles. The molecule has 2 amide bonds. The van der Waals surface area contributed by atoms with Gasteiger partial charge >= 0.3 is 0 Å². The van der Waals surface area contributed by atoms with Crippen LogP contribution in [-0.2, 0) is 9.59 Å². The fourth-order valence-corrected chi connectivity index (χ4v) is 3.29. The Morgan fingerprint density at radius 2 is 1.71 bits per heavy atom. The normalized spacial score (nSPS) is 20.8. The van der Waals surface area contributed by atoms with Crippen molar-refractivity contribution in [3.8, 4) is 0 Å². The Hall–Kier alpha value is -2.04. The summed E-state index contributed by atoms with van der Waals surface area (Å²) in [6, 6.07) is 7.76. The average molecular weight is 287 g/mol. The van der Waals surface area contributed by atoms with E-state index in [0.29, 0.717) is 0 Å². The monoisotopic (exact) mass is 287 g/mol. The van der Waals surface area contributed by atoms with Crippen LogP contribution in [-0.4, -0.2) is 38.0 Å². The van der Waals surface area contributed by atoms with Crippen molar-refractivity contribution in [2.75, 3.05) is 30.4 Å². The molecule has 0 atom stereocenters. The molecular weight excluding hydrogens is 266 g/mol. The number of nitrogens with one attached hydrogen (secondary N) is 1. The quantitative estimate of drug-likeness (QED) is 0.897. The summed E-state index contributed by atoms with van der Waals surface area (Å²) in [7, 11) is 3.95. The number of amides is 2. The zero-order chi connectivity index (χ0) is 15.0. The van der Waals surface area contributed by atoms with E-state index in [1.165, 1.54) is 0 Å². The highest BCUT2D eigenvalue weighted by Gasteiger charge is 2.48. The van der Waals surface area contributed by atoms with Crippen molar-refractivity contribution in [2.24, 2.45) is 0 Å². The van der Waals surface area contributed by atoms with Crippen LogP contribution in [0.2, 0.25) is 0 Å². The van der Waals surface area contributed by atoms with E-state index in [9.17, 15) is 9.59 Å². The van der Waals surface area contributed by atoms with Gasteiger partial charge in [-0.2, -0.15) is 0 Å². The Labute approximate surface area is 124 Å². The number of nitrogens with zero attached hydrogens (tertiary/aromatic N) is 2. The van der Waals surface area contributed by atoms with Crippen molar-refractivity contribution in [3.05, 3.63) is 24.3 Å². The van der Waals surface area contributed by atoms with Gasteiger partial charge in [0, 0.05) is 25.5 Å². The first-order valence-electron chi connectivity index (χ1n) is 7.42. The van der Waals surface area contributed by atoms with Gasteiger partial charge in [-0.3, -0.25) is 9.59 Å². The van der Waals surface area contributed by atoms with Gasteiger partial charge in [0.2, 0.25) is 5.91 Å². The molecule has 0 bridgehead atoms. The first-order chi connectivity index (χ1) is 10.0. The molecule has 5 nitrogen and oxygen atoms in total. The molecule has 1 heterocycles. The van der Waals surface area contributed by atoms with Gasteiger partial charge in [0.15, 0.2) is 0 Å². The zero-order valence-corrected chi connectivity index (χ0v) is 12.6. The Morgan fingerprint density at radius 1 is 1.10 bits per heavy atom. The lowest BCUT2D eigenvalue weighted by Crippen LogP contribution is -2.65. The van der Waals surface area contributed by atoms with Crippen LogP contribution in [0.1, 0.15) is 25.7 Å². The third-order valence-corrected chi connectivity index (χ3v) is 4.47. The predicted octanol–water partition coefficient (Wildman–Crippen LogP) is 1.53. The molecular formula is C16H21N3O2. The van der Waals surface area contributed by atoms with E-state index < -0.39 is 5.54 Å². The topological polar surface area (TPSA) is 52.6 Å². The lowest BCUT2D eigenvalue weighted by atomic mass is 9.92. The van der Waals surface area contributed by atoms with Crippen LogP contribution in [0.15, 0.2) is 24.3 Å². The number of benzene rings is 1. The van der Waals surface area contributed by atoms with Crippen molar-refractivity contribution < 1.29 is 9.59 Å². The van der Waals surface area contributed by atoms with Crippen LogP contribution >= 0.6 is 0 Å². The smallest absolute Gasteiger partial charge is 0.253 e. The highest BCUT2D eigenvalue weighted by Crippen LogP contribution is 2.35. The van der Waals surface area contributed by atoms with Crippen molar-refractivity contribution in [3.63, 3.8) is 0 Å². The first kappa shape index (κ1) is 13.9. The Kier molecular flexibility index (Phi) is 3.35. The van der Waals surface area contributed by atoms with Gasteiger partial charge < -0.3 is 15.1 Å². The lowest BCUT2D eigenvalue weighted by molar-refractivity contribution is -0.135. The van der Waals surface area contributed by atoms with Gasteiger partial charge in [-0.25, -0.2) is 0 Å². The van der Waals surface area contributed by atoms with E-state index in [4.69, 9.17) is 0 Å². The summed E-state index contributed by atoms with van der Waals surface area (Å²) in [5, 5.41) is 2.93. The molecule has 2 fully saturated rings. The maximum Gasteiger partial charge on any atom is 0.253 e. The molecule has 1 saturated carbocycles. The molecule has 1 N–H and O–H groups in total. The van der Waals surface area contributed by atoms with E-state index in [2.05, 4.69) is 5.32 Å². The second kappa shape index (κ2) is 5.06. The summed E-state index contributed by atoms with van der Waals surface area (Å²) >= 11 is 0. The number of carbonyl (C=O) groups excluding carboxylic acids is 2. The standard InChI is InChI=1S/C16H21N3O2/c1-18(2)12-5-7-13(8-6-12)19-11-14(20)17-16(15(19)21)9-3-4-10-16/h5-8H,3-4,9-11H2,1-2H3,(H,17,20). The van der Waals surface area contributed by atoms with E-state index in [0.717, 1.165) is 37.1 Å². The molecule has 0 aromatic heterocycles. The number of carbonyl (C=O) groups is 2. The summed E-state index contributed by atoms with van der Waals surface area (Å²) in [5.41, 5.74) is 1.21. The third kappa shape index (κ3) is 2.37. The predicted molar refractivity (Wildman–Crippen MR) is 82.5 cm³/mol. The summed E-state index contributed by atoms with van der Waals surface area (Å²) in [6.45, 7) is 0.113. The number of anilines is 2. The molecule has 0 radical (unpaired) electrons. The maximum absolute atomic E-state index is 12.8. The van der Waals surface area contributed by atoms with Gasteiger partial charge in [-0.1, -0.05) is 12.8 Å². The molecule has 1 aromatic rings. The minimum Gasteiger partial charge on any atom is -0.378 e. The van der Waals surface area contributed by atoms with Gasteiger partial charge in [-0.05, 0) is 37.1 Å². The molecule has 1 aliphatic carbocycles. The molecule has 21 heavy (non-hydrogen) atoms. The number of piperazine rings is 1. The first-order valence-corrected chi connectivity index (χ1v) is 7.42. The summed E-state index contributed by atoms with van der Waals surface area (Å²) in [6.07, 6.45) is 3.51. The molecule has 112 valence electrons. The molecule has 3 rings (SSSR count). The highest BCUT2D eigenvalue weighted by atomic mass is 16.2. The van der Waals surface area contributed by atoms with E-state index >= 15 is 0 Å². The van der Waals surface area contributed by atoms with Crippen LogP contribution in [0, 0.1) is 0 Å². The average Bonchev–Trinajstić information content (AvgIpc) is 2.92. The lowest BCUT2D eigenvalue weighted by Gasteiger charge is -2.39. The van der Waals surface area contributed by atoms with Crippen LogP contribution in [0.3, 0.4) is 0 Å². The van der Waals surface area contributed by atoms with Crippen LogP contribution in [0.25, 0.3) is 0 Å². The Morgan fingerprint density at radius 3 is 2.29 bits per heavy atom. The van der Waals surface area contributed by atoms with Gasteiger partial charge in [0.25, 0.3) is 5.91 Å². The second-order valence-corrected chi connectivity index (χ2v) is 6.14. The molecule has 0 unspecified atom stereocenters. The molecule has 1 aliphatic heterocycles. The van der Waals surface area contributed by atoms with Crippen LogP contribution in [0.4, 0.5) is 11.4 Å². The zero-order valence-electron chi connectivity index (χ0n) is 12.6. The summed E-state index contributed by atoms with van der Waals surface area (Å²) < 4.78 is 0. The van der Waals surface area contributed by atoms with E-state index in [-0.39, 0.29) is 18.4 Å². The molecule has 1 spiro atoms. The van der Waals surface area contributed by atoms with Crippen LogP contribution in [0.5, 0.6) is 0 Å². The molecule has 1 aromatic carbocycles. The SMILES string of the molecule is CN(C)c1ccc(N2CC(=O)NC3(CCCC3)C2=O)cc1. The van der Waals surface area contributed by atoms with Crippen molar-refractivity contribution in [1.29, 1.82) is 0 Å². The Balaban J connectivity index is 1.89. The van der Waals surface area contributed by atoms with Crippen molar-refractivity contribution >= 4 is 23.2 Å². The van der Waals surface area contributed by atoms with Crippen LogP contribution < -0.4 is 15.1 Å². The highest BCUT2D eigenvalue weighted by molar-refractivity contribution is 6.09. The third-order valence-electron chi connectivity index (χ3n) is 4.47. The van der Waals surface area contributed by atoms with E-state index in [1.807, 2.05) is 43.3 Å². The van der Waals surface area contributed by atoms with E-state index in [1.54, 1.807) is 4.90 Å². The fraction of sp³-hybridized carbons (Fsp3) is 0.500. The minimum absolute atomic E-state index is 0.0391. The van der Waals surface area contributed by atoms with Gasteiger partial charge in [0.1, 0.15) is 12.1 Å². The maximum atomic E-state index is 12.8. The number of hydrogen-bond acceptors (Lipinski definition) is 3. The minimum atomic E-state index is -0.657. The van der Waals surface area contributed by atoms with Crippen molar-refractivity contribution in [1.82, 2.24) is 5.32 Å². The van der Waals surface area contributed by atoms with Crippen molar-refractivity contribution in [2.45, 2.75) is 31.2 Å². The Bertz CT molecular complexity index is 559. The summed E-state index contributed by atoms with van der Waals surface area (Å²) in [4.78, 5) is 28.5. The second-order valence-electron chi connectivity index (χ2n) is 6.14. The summed E-state index contributed by atoms with van der Waals surface area (Å²) in [5.74, 6) is -0.0228. The largest absolute Gasteiger partial charge is 0.378 e. The molecule has 2 aliphatic rings.